The van der Waals surface area contributed by atoms with Gasteiger partial charge in [0.2, 0.25) is 0 Å². The second kappa shape index (κ2) is 6.60. The zero-order valence-electron chi connectivity index (χ0n) is 15.6. The van der Waals surface area contributed by atoms with Crippen LogP contribution in [0, 0.1) is 17.8 Å². The van der Waals surface area contributed by atoms with Gasteiger partial charge in [0.05, 0.1) is 11.7 Å². The smallest absolute Gasteiger partial charge is 0.338 e. The number of ether oxygens (including phenoxy) is 1. The third-order valence-corrected chi connectivity index (χ3v) is 6.14. The van der Waals surface area contributed by atoms with E-state index in [-0.39, 0.29) is 23.6 Å². The van der Waals surface area contributed by atoms with Gasteiger partial charge in [0.1, 0.15) is 0 Å². The van der Waals surface area contributed by atoms with Crippen LogP contribution in [-0.2, 0) is 4.74 Å². The summed E-state index contributed by atoms with van der Waals surface area (Å²) in [6.45, 7) is 3.64. The summed E-state index contributed by atoms with van der Waals surface area (Å²) in [6, 6.07) is 6.73. The van der Waals surface area contributed by atoms with E-state index in [1.165, 1.54) is 19.3 Å². The fraction of sp³-hybridized carbons (Fsp3) is 0.619. The molecule has 1 aromatic carbocycles. The first kappa shape index (κ1) is 17.4. The van der Waals surface area contributed by atoms with Gasteiger partial charge in [0, 0.05) is 11.2 Å². The number of hydrogen-bond acceptors (Lipinski definition) is 3. The molecule has 0 aliphatic heterocycles. The molecule has 5 heteroatoms. The lowest BCUT2D eigenvalue weighted by Crippen LogP contribution is -2.60. The highest BCUT2D eigenvalue weighted by atomic mass is 16.5. The highest BCUT2D eigenvalue weighted by Gasteiger charge is 2.51. The Kier molecular flexibility index (Phi) is 4.41. The molecule has 4 aliphatic rings. The number of nitrogens with one attached hydrogen (secondary N) is 2. The molecule has 26 heavy (non-hydrogen) atoms. The van der Waals surface area contributed by atoms with Gasteiger partial charge < -0.3 is 15.4 Å². The molecule has 140 valence electrons. The van der Waals surface area contributed by atoms with Crippen molar-refractivity contribution >= 4 is 17.7 Å². The predicted molar refractivity (Wildman–Crippen MR) is 100 cm³/mol. The van der Waals surface area contributed by atoms with Crippen molar-refractivity contribution in [3.05, 3.63) is 29.8 Å². The Morgan fingerprint density at radius 2 is 1.54 bits per heavy atom. The lowest BCUT2D eigenvalue weighted by atomic mass is 9.53. The van der Waals surface area contributed by atoms with Crippen LogP contribution in [0.4, 0.5) is 10.5 Å². The van der Waals surface area contributed by atoms with Crippen molar-refractivity contribution in [2.45, 2.75) is 64.0 Å². The first-order valence-corrected chi connectivity index (χ1v) is 9.81. The van der Waals surface area contributed by atoms with Gasteiger partial charge in [-0.2, -0.15) is 0 Å². The number of hydrogen-bond donors (Lipinski definition) is 2. The first-order valence-electron chi connectivity index (χ1n) is 9.81. The second-order valence-corrected chi connectivity index (χ2v) is 8.81. The maximum atomic E-state index is 12.5. The van der Waals surface area contributed by atoms with Crippen molar-refractivity contribution in [1.82, 2.24) is 5.32 Å². The van der Waals surface area contributed by atoms with Gasteiger partial charge in [-0.1, -0.05) is 0 Å². The number of esters is 1. The van der Waals surface area contributed by atoms with Crippen LogP contribution in [0.15, 0.2) is 24.3 Å². The Hall–Kier alpha value is -2.04. The zero-order chi connectivity index (χ0) is 18.3. The molecular formula is C21H28N2O3. The summed E-state index contributed by atoms with van der Waals surface area (Å²) in [5.74, 6) is 2.05. The fourth-order valence-corrected chi connectivity index (χ4v) is 5.64. The van der Waals surface area contributed by atoms with E-state index >= 15 is 0 Å². The maximum Gasteiger partial charge on any atom is 0.338 e. The van der Waals surface area contributed by atoms with Crippen LogP contribution in [0.3, 0.4) is 0 Å². The van der Waals surface area contributed by atoms with E-state index in [2.05, 4.69) is 10.6 Å². The highest BCUT2D eigenvalue weighted by Crippen LogP contribution is 2.55. The van der Waals surface area contributed by atoms with E-state index in [9.17, 15) is 9.59 Å². The molecule has 0 atom stereocenters. The van der Waals surface area contributed by atoms with Crippen LogP contribution in [0.25, 0.3) is 0 Å². The van der Waals surface area contributed by atoms with Gasteiger partial charge in [-0.3, -0.25) is 0 Å². The summed E-state index contributed by atoms with van der Waals surface area (Å²) in [6.07, 6.45) is 7.32. The number of benzene rings is 1. The molecule has 4 saturated carbocycles. The molecule has 0 unspecified atom stereocenters. The monoisotopic (exact) mass is 356 g/mol. The molecule has 4 bridgehead atoms. The van der Waals surface area contributed by atoms with Crippen molar-refractivity contribution in [1.29, 1.82) is 0 Å². The van der Waals surface area contributed by atoms with Gasteiger partial charge in [-0.25, -0.2) is 9.59 Å². The van der Waals surface area contributed by atoms with Gasteiger partial charge in [-0.05, 0) is 94.4 Å². The molecule has 5 rings (SSSR count). The molecular weight excluding hydrogens is 328 g/mol. The zero-order valence-corrected chi connectivity index (χ0v) is 15.6. The van der Waals surface area contributed by atoms with E-state index < -0.39 is 0 Å². The first-order chi connectivity index (χ1) is 12.4. The van der Waals surface area contributed by atoms with E-state index in [4.69, 9.17) is 4.74 Å². The molecule has 0 heterocycles. The van der Waals surface area contributed by atoms with Crippen LogP contribution in [0.1, 0.15) is 62.7 Å². The molecule has 4 aliphatic carbocycles. The van der Waals surface area contributed by atoms with Crippen molar-refractivity contribution < 1.29 is 14.3 Å². The number of urea groups is 1. The number of carbonyl (C=O) groups excluding carboxylic acids is 2. The summed E-state index contributed by atoms with van der Waals surface area (Å²) in [7, 11) is 0. The Morgan fingerprint density at radius 1 is 1.00 bits per heavy atom. The number of rotatable bonds is 4. The minimum Gasteiger partial charge on any atom is -0.459 e. The standard InChI is InChI=1S/C21H28N2O3/c1-13(2)26-19(24)17-3-5-18(6-4-17)22-20(25)23-21-10-14-7-15(11-21)9-16(8-14)12-21/h3-6,13-16H,7-12H2,1-2H3,(H2,22,23,25). The van der Waals surface area contributed by atoms with Crippen LogP contribution >= 0.6 is 0 Å². The molecule has 2 amide bonds. The SMILES string of the molecule is CC(C)OC(=O)c1ccc(NC(=O)NC23CC4CC(CC(C4)C2)C3)cc1. The number of amides is 2. The van der Waals surface area contributed by atoms with Crippen LogP contribution in [-0.4, -0.2) is 23.6 Å². The molecule has 0 aromatic heterocycles. The summed E-state index contributed by atoms with van der Waals surface area (Å²) in [5.41, 5.74) is 1.18. The van der Waals surface area contributed by atoms with Crippen molar-refractivity contribution in [3.8, 4) is 0 Å². The predicted octanol–water partition coefficient (Wildman–Crippen LogP) is 4.34. The van der Waals surface area contributed by atoms with Crippen molar-refractivity contribution in [2.75, 3.05) is 5.32 Å². The lowest BCUT2D eigenvalue weighted by Gasteiger charge is -2.56. The molecule has 0 radical (unpaired) electrons. The Balaban J connectivity index is 1.36. The minimum absolute atomic E-state index is 0.000154. The third-order valence-electron chi connectivity index (χ3n) is 6.14. The van der Waals surface area contributed by atoms with Gasteiger partial charge in [-0.15, -0.1) is 0 Å². The normalized spacial score (nSPS) is 31.7. The van der Waals surface area contributed by atoms with Gasteiger partial charge >= 0.3 is 12.0 Å². The number of carbonyl (C=O) groups is 2. The summed E-state index contributed by atoms with van der Waals surface area (Å²) >= 11 is 0. The second-order valence-electron chi connectivity index (χ2n) is 8.81. The van der Waals surface area contributed by atoms with Crippen LogP contribution in [0.5, 0.6) is 0 Å². The summed E-state index contributed by atoms with van der Waals surface area (Å²) in [5, 5.41) is 6.22. The quantitative estimate of drug-likeness (QED) is 0.789. The average Bonchev–Trinajstić information content (AvgIpc) is 2.52. The lowest BCUT2D eigenvalue weighted by molar-refractivity contribution is -0.0127. The molecule has 5 nitrogen and oxygen atoms in total. The van der Waals surface area contributed by atoms with Crippen LogP contribution < -0.4 is 10.6 Å². The average molecular weight is 356 g/mol. The molecule has 4 fully saturated rings. The van der Waals surface area contributed by atoms with Gasteiger partial charge in [0.25, 0.3) is 0 Å². The van der Waals surface area contributed by atoms with E-state index in [0.717, 1.165) is 37.0 Å². The maximum absolute atomic E-state index is 12.5. The van der Waals surface area contributed by atoms with E-state index in [1.807, 2.05) is 13.8 Å². The topological polar surface area (TPSA) is 67.4 Å². The Morgan fingerprint density at radius 3 is 2.04 bits per heavy atom. The molecule has 1 aromatic rings. The van der Waals surface area contributed by atoms with E-state index in [1.54, 1.807) is 24.3 Å². The Labute approximate surface area is 154 Å². The Bertz CT molecular complexity index is 660. The molecule has 2 N–H and O–H groups in total. The van der Waals surface area contributed by atoms with Crippen LogP contribution in [0.2, 0.25) is 0 Å². The largest absolute Gasteiger partial charge is 0.459 e. The van der Waals surface area contributed by atoms with Crippen molar-refractivity contribution in [3.63, 3.8) is 0 Å². The fourth-order valence-electron chi connectivity index (χ4n) is 5.64. The third kappa shape index (κ3) is 3.57. The molecule has 0 saturated heterocycles. The van der Waals surface area contributed by atoms with E-state index in [0.29, 0.717) is 11.3 Å². The summed E-state index contributed by atoms with van der Waals surface area (Å²) in [4.78, 5) is 24.4. The minimum atomic E-state index is -0.343. The van der Waals surface area contributed by atoms with Crippen molar-refractivity contribution in [2.24, 2.45) is 17.8 Å². The molecule has 0 spiro atoms. The highest BCUT2D eigenvalue weighted by molar-refractivity contribution is 5.92. The number of anilines is 1. The van der Waals surface area contributed by atoms with Gasteiger partial charge in [0.15, 0.2) is 0 Å². The summed E-state index contributed by atoms with van der Waals surface area (Å²) < 4.78 is 5.18.